The number of aliphatic imine (C=N–C) groups is 1. The van der Waals surface area contributed by atoms with Crippen LogP contribution in [0.3, 0.4) is 0 Å². The molecule has 2 aromatic carbocycles. The van der Waals surface area contributed by atoms with Gasteiger partial charge in [-0.25, -0.2) is 9.98 Å². The maximum Gasteiger partial charge on any atom is 0.146 e. The highest BCUT2D eigenvalue weighted by Gasteiger charge is 2.20. The highest BCUT2D eigenvalue weighted by molar-refractivity contribution is 6.26. The first kappa shape index (κ1) is 11.9. The first-order valence-corrected chi connectivity index (χ1v) is 6.84. The highest BCUT2D eigenvalue weighted by Crippen LogP contribution is 2.33. The van der Waals surface area contributed by atoms with Gasteiger partial charge in [0.25, 0.3) is 0 Å². The minimum Gasteiger partial charge on any atom is -0.339 e. The van der Waals surface area contributed by atoms with Crippen LogP contribution in [0.2, 0.25) is 0 Å². The van der Waals surface area contributed by atoms with Crippen LogP contribution in [-0.4, -0.2) is 15.4 Å². The van der Waals surface area contributed by atoms with E-state index in [4.69, 9.17) is 4.99 Å². The van der Waals surface area contributed by atoms with E-state index in [-0.39, 0.29) is 6.17 Å². The van der Waals surface area contributed by atoms with Crippen LogP contribution in [0.5, 0.6) is 0 Å². The number of hydrogen-bond acceptors (Lipinski definition) is 2. The van der Waals surface area contributed by atoms with Gasteiger partial charge in [0.15, 0.2) is 0 Å². The van der Waals surface area contributed by atoms with Gasteiger partial charge in [0.2, 0.25) is 0 Å². The Labute approximate surface area is 122 Å². The van der Waals surface area contributed by atoms with Gasteiger partial charge in [-0.15, -0.1) is 0 Å². The van der Waals surface area contributed by atoms with E-state index >= 15 is 0 Å². The molecule has 0 amide bonds. The lowest BCUT2D eigenvalue weighted by atomic mass is 10.1. The second-order valence-electron chi connectivity index (χ2n) is 4.97. The minimum atomic E-state index is -0.167. The molecule has 0 radical (unpaired) electrons. The molecule has 4 rings (SSSR count). The van der Waals surface area contributed by atoms with E-state index in [1.54, 1.807) is 18.6 Å². The summed E-state index contributed by atoms with van der Waals surface area (Å²) in [6.45, 7) is 3.87. The average Bonchev–Trinajstić information content (AvgIpc) is 3.15. The molecule has 1 aromatic heterocycles. The van der Waals surface area contributed by atoms with Crippen molar-refractivity contribution in [3.05, 3.63) is 73.3 Å². The molecule has 1 aliphatic rings. The number of nitrogens with zero attached hydrogens (tertiary/aromatic N) is 3. The van der Waals surface area contributed by atoms with Crippen LogP contribution < -0.4 is 5.32 Å². The second-order valence-corrected chi connectivity index (χ2v) is 4.97. The monoisotopic (exact) mass is 274 g/mol. The predicted octanol–water partition coefficient (Wildman–Crippen LogP) is 3.59. The zero-order valence-electron chi connectivity index (χ0n) is 11.4. The largest absolute Gasteiger partial charge is 0.339 e. The number of aromatic nitrogens is 2. The van der Waals surface area contributed by atoms with Crippen LogP contribution in [0.25, 0.3) is 10.8 Å². The van der Waals surface area contributed by atoms with Gasteiger partial charge in [-0.1, -0.05) is 36.9 Å². The molecule has 102 valence electrons. The fourth-order valence-electron chi connectivity index (χ4n) is 2.74. The van der Waals surface area contributed by atoms with Crippen molar-refractivity contribution in [1.82, 2.24) is 9.55 Å². The quantitative estimate of drug-likeness (QED) is 0.742. The molecule has 0 fully saturated rings. The van der Waals surface area contributed by atoms with Gasteiger partial charge >= 0.3 is 0 Å². The van der Waals surface area contributed by atoms with Crippen LogP contribution in [0.1, 0.15) is 11.7 Å². The number of benzene rings is 2. The lowest BCUT2D eigenvalue weighted by Crippen LogP contribution is -2.12. The van der Waals surface area contributed by atoms with Gasteiger partial charge in [0.05, 0.1) is 6.33 Å². The Balaban J connectivity index is 1.84. The molecule has 2 heterocycles. The van der Waals surface area contributed by atoms with Crippen molar-refractivity contribution in [2.24, 2.45) is 4.99 Å². The van der Waals surface area contributed by atoms with E-state index in [0.29, 0.717) is 0 Å². The summed E-state index contributed by atoms with van der Waals surface area (Å²) in [6, 6.07) is 12.5. The summed E-state index contributed by atoms with van der Waals surface area (Å²) in [5.74, 6) is 0.875. The smallest absolute Gasteiger partial charge is 0.146 e. The van der Waals surface area contributed by atoms with Gasteiger partial charge in [0, 0.05) is 29.0 Å². The molecule has 1 atom stereocenters. The summed E-state index contributed by atoms with van der Waals surface area (Å²) in [5.41, 5.74) is 2.24. The molecular formula is C17H14N4. The zero-order valence-corrected chi connectivity index (χ0v) is 11.4. The maximum atomic E-state index is 4.79. The molecule has 4 nitrogen and oxygen atoms in total. The lowest BCUT2D eigenvalue weighted by Gasteiger charge is -2.11. The van der Waals surface area contributed by atoms with Crippen LogP contribution >= 0.6 is 0 Å². The minimum absolute atomic E-state index is 0.167. The Bertz CT molecular complexity index is 841. The van der Waals surface area contributed by atoms with Crippen LogP contribution in [0.15, 0.2) is 72.8 Å². The number of anilines is 1. The van der Waals surface area contributed by atoms with Crippen LogP contribution in [0, 0.1) is 0 Å². The Morgan fingerprint density at radius 3 is 2.86 bits per heavy atom. The summed E-state index contributed by atoms with van der Waals surface area (Å²) < 4.78 is 1.92. The third-order valence-electron chi connectivity index (χ3n) is 3.72. The van der Waals surface area contributed by atoms with E-state index in [9.17, 15) is 0 Å². The number of imidazole rings is 1. The number of nitrogens with one attached hydrogen (secondary N) is 1. The second kappa shape index (κ2) is 4.59. The third-order valence-corrected chi connectivity index (χ3v) is 3.72. The molecule has 1 N–H and O–H groups in total. The number of amidine groups is 1. The summed E-state index contributed by atoms with van der Waals surface area (Å²) in [5, 5.41) is 5.85. The summed E-state index contributed by atoms with van der Waals surface area (Å²) in [6.07, 6.45) is 7.02. The fourth-order valence-corrected chi connectivity index (χ4v) is 2.74. The SMILES string of the molecule is C=CC(N=C1Nc2cccc3cccc1c23)n1ccnc1. The molecule has 0 bridgehead atoms. The molecule has 0 spiro atoms. The highest BCUT2D eigenvalue weighted by atomic mass is 15.2. The van der Waals surface area contributed by atoms with Gasteiger partial charge in [-0.3, -0.25) is 0 Å². The molecule has 1 aliphatic heterocycles. The molecule has 0 aliphatic carbocycles. The van der Waals surface area contributed by atoms with Gasteiger partial charge in [0.1, 0.15) is 12.0 Å². The standard InChI is InChI=1S/C17H14N4/c1-2-15(21-10-9-18-11-21)20-17-13-7-3-5-12-6-4-8-14(19-17)16(12)13/h2-11,15H,1H2,(H,19,20). The summed E-state index contributed by atoms with van der Waals surface area (Å²) in [7, 11) is 0. The van der Waals surface area contributed by atoms with E-state index in [1.807, 2.05) is 10.8 Å². The number of hydrogen-bond donors (Lipinski definition) is 1. The molecule has 0 saturated heterocycles. The predicted molar refractivity (Wildman–Crippen MR) is 85.6 cm³/mol. The number of rotatable bonds is 3. The van der Waals surface area contributed by atoms with Crippen LogP contribution in [-0.2, 0) is 0 Å². The molecular weight excluding hydrogens is 260 g/mol. The van der Waals surface area contributed by atoms with Crippen molar-refractivity contribution in [3.63, 3.8) is 0 Å². The third kappa shape index (κ3) is 1.84. The summed E-state index contributed by atoms with van der Waals surface area (Å²) in [4.78, 5) is 8.86. The van der Waals surface area contributed by atoms with Crippen molar-refractivity contribution in [2.75, 3.05) is 5.32 Å². The van der Waals surface area contributed by atoms with Crippen LogP contribution in [0.4, 0.5) is 5.69 Å². The van der Waals surface area contributed by atoms with E-state index in [2.05, 4.69) is 53.3 Å². The van der Waals surface area contributed by atoms with Crippen molar-refractivity contribution < 1.29 is 0 Å². The van der Waals surface area contributed by atoms with Gasteiger partial charge < -0.3 is 9.88 Å². The van der Waals surface area contributed by atoms with Gasteiger partial charge in [-0.05, 0) is 17.5 Å². The Morgan fingerprint density at radius 2 is 2.10 bits per heavy atom. The average molecular weight is 274 g/mol. The van der Waals surface area contributed by atoms with E-state index in [0.717, 1.165) is 17.1 Å². The normalized spacial score (nSPS) is 16.1. The van der Waals surface area contributed by atoms with Crippen molar-refractivity contribution in [2.45, 2.75) is 6.17 Å². The lowest BCUT2D eigenvalue weighted by molar-refractivity contribution is 0.635. The Hall–Kier alpha value is -2.88. The summed E-state index contributed by atoms with van der Waals surface area (Å²) >= 11 is 0. The topological polar surface area (TPSA) is 42.2 Å². The molecule has 0 saturated carbocycles. The molecule has 3 aromatic rings. The fraction of sp³-hybridized carbons (Fsp3) is 0.0588. The molecule has 21 heavy (non-hydrogen) atoms. The van der Waals surface area contributed by atoms with Gasteiger partial charge in [-0.2, -0.15) is 0 Å². The first-order chi connectivity index (χ1) is 10.4. The Kier molecular flexibility index (Phi) is 2.60. The van der Waals surface area contributed by atoms with Crippen molar-refractivity contribution in [1.29, 1.82) is 0 Å². The Morgan fingerprint density at radius 1 is 1.24 bits per heavy atom. The van der Waals surface area contributed by atoms with E-state index in [1.165, 1.54) is 10.8 Å². The van der Waals surface area contributed by atoms with Crippen molar-refractivity contribution >= 4 is 22.3 Å². The molecule has 4 heteroatoms. The van der Waals surface area contributed by atoms with Crippen molar-refractivity contribution in [3.8, 4) is 0 Å². The first-order valence-electron chi connectivity index (χ1n) is 6.84. The molecule has 1 unspecified atom stereocenters. The zero-order chi connectivity index (χ0) is 14.2. The van der Waals surface area contributed by atoms with E-state index < -0.39 is 0 Å². The maximum absolute atomic E-state index is 4.79.